The fourth-order valence-electron chi connectivity index (χ4n) is 2.59. The van der Waals surface area contributed by atoms with Gasteiger partial charge in [0.25, 0.3) is 0 Å². The lowest BCUT2D eigenvalue weighted by Crippen LogP contribution is -2.28. The SMILES string of the molecule is CCNC(CC(F)(F)F)c1ccc2c(c1)C(C)(C)C(=O)N2. The number of carbonyl (C=O) groups is 1. The second-order valence-corrected chi connectivity index (χ2v) is 5.81. The van der Waals surface area contributed by atoms with Gasteiger partial charge in [0.1, 0.15) is 0 Å². The highest BCUT2D eigenvalue weighted by Gasteiger charge is 2.39. The Bertz CT molecular complexity index is 552. The Kier molecular flexibility index (Phi) is 4.02. The fraction of sp³-hybridized carbons (Fsp3) is 0.533. The quantitative estimate of drug-likeness (QED) is 0.893. The molecule has 0 saturated carbocycles. The maximum atomic E-state index is 12.7. The van der Waals surface area contributed by atoms with E-state index < -0.39 is 24.1 Å². The predicted molar refractivity (Wildman–Crippen MR) is 75.2 cm³/mol. The number of fused-ring (bicyclic) bond motifs is 1. The maximum absolute atomic E-state index is 12.7. The number of halogens is 3. The second kappa shape index (κ2) is 5.33. The number of alkyl halides is 3. The molecule has 1 atom stereocenters. The van der Waals surface area contributed by atoms with E-state index in [-0.39, 0.29) is 5.91 Å². The molecule has 0 radical (unpaired) electrons. The summed E-state index contributed by atoms with van der Waals surface area (Å²) in [4.78, 5) is 11.9. The molecule has 0 bridgehead atoms. The molecule has 0 aliphatic carbocycles. The first-order chi connectivity index (χ1) is 9.65. The van der Waals surface area contributed by atoms with Gasteiger partial charge in [0.05, 0.1) is 11.8 Å². The van der Waals surface area contributed by atoms with Crippen molar-refractivity contribution in [3.63, 3.8) is 0 Å². The zero-order valence-corrected chi connectivity index (χ0v) is 12.3. The van der Waals surface area contributed by atoms with E-state index in [2.05, 4.69) is 10.6 Å². The van der Waals surface area contributed by atoms with Crippen molar-refractivity contribution in [2.45, 2.75) is 44.8 Å². The molecule has 1 aliphatic heterocycles. The first-order valence-electron chi connectivity index (χ1n) is 6.91. The minimum absolute atomic E-state index is 0.134. The summed E-state index contributed by atoms with van der Waals surface area (Å²) in [7, 11) is 0. The summed E-state index contributed by atoms with van der Waals surface area (Å²) in [6, 6.07) is 4.22. The Balaban J connectivity index is 2.36. The maximum Gasteiger partial charge on any atom is 0.390 e. The van der Waals surface area contributed by atoms with Gasteiger partial charge < -0.3 is 10.6 Å². The Morgan fingerprint density at radius 1 is 1.33 bits per heavy atom. The third kappa shape index (κ3) is 3.20. The highest BCUT2D eigenvalue weighted by atomic mass is 19.4. The predicted octanol–water partition coefficient (Wildman–Crippen LogP) is 3.52. The molecular formula is C15H19F3N2O. The molecule has 0 fully saturated rings. The molecule has 2 N–H and O–H groups in total. The zero-order valence-electron chi connectivity index (χ0n) is 12.3. The molecule has 21 heavy (non-hydrogen) atoms. The summed E-state index contributed by atoms with van der Waals surface area (Å²) >= 11 is 0. The number of nitrogens with one attached hydrogen (secondary N) is 2. The summed E-state index contributed by atoms with van der Waals surface area (Å²) < 4.78 is 38.1. The van der Waals surface area contributed by atoms with Crippen LogP contribution >= 0.6 is 0 Å². The fourth-order valence-corrected chi connectivity index (χ4v) is 2.59. The summed E-state index contributed by atoms with van der Waals surface area (Å²) in [6.45, 7) is 5.75. The van der Waals surface area contributed by atoms with Gasteiger partial charge in [0.2, 0.25) is 5.91 Å². The summed E-state index contributed by atoms with van der Waals surface area (Å²) in [5, 5.41) is 5.61. The van der Waals surface area contributed by atoms with Crippen LogP contribution < -0.4 is 10.6 Å². The number of hydrogen-bond acceptors (Lipinski definition) is 2. The molecular weight excluding hydrogens is 281 g/mol. The lowest BCUT2D eigenvalue weighted by molar-refractivity contribution is -0.140. The Hall–Kier alpha value is -1.56. The van der Waals surface area contributed by atoms with Gasteiger partial charge in [0.15, 0.2) is 0 Å². The molecule has 1 aromatic carbocycles. The number of amides is 1. The van der Waals surface area contributed by atoms with E-state index in [1.165, 1.54) is 0 Å². The van der Waals surface area contributed by atoms with E-state index in [4.69, 9.17) is 0 Å². The normalized spacial score (nSPS) is 18.3. The molecule has 2 rings (SSSR count). The number of hydrogen-bond donors (Lipinski definition) is 2. The third-order valence-electron chi connectivity index (χ3n) is 3.82. The number of benzene rings is 1. The van der Waals surface area contributed by atoms with Crippen molar-refractivity contribution < 1.29 is 18.0 Å². The molecule has 1 heterocycles. The molecule has 6 heteroatoms. The molecule has 1 amide bonds. The van der Waals surface area contributed by atoms with Crippen LogP contribution in [0.2, 0.25) is 0 Å². The monoisotopic (exact) mass is 300 g/mol. The van der Waals surface area contributed by atoms with Gasteiger partial charge in [0, 0.05) is 11.7 Å². The van der Waals surface area contributed by atoms with E-state index in [1.54, 1.807) is 39.0 Å². The van der Waals surface area contributed by atoms with Crippen LogP contribution in [0.4, 0.5) is 18.9 Å². The van der Waals surface area contributed by atoms with Crippen LogP contribution in [0.25, 0.3) is 0 Å². The minimum atomic E-state index is -4.24. The van der Waals surface area contributed by atoms with Crippen molar-refractivity contribution in [1.29, 1.82) is 0 Å². The first kappa shape index (κ1) is 15.8. The van der Waals surface area contributed by atoms with Crippen LogP contribution in [-0.4, -0.2) is 18.6 Å². The van der Waals surface area contributed by atoms with Crippen molar-refractivity contribution in [2.75, 3.05) is 11.9 Å². The number of anilines is 1. The van der Waals surface area contributed by atoms with Crippen LogP contribution in [0.15, 0.2) is 18.2 Å². The lowest BCUT2D eigenvalue weighted by Gasteiger charge is -2.22. The van der Waals surface area contributed by atoms with Crippen molar-refractivity contribution in [2.24, 2.45) is 0 Å². The average molecular weight is 300 g/mol. The van der Waals surface area contributed by atoms with Crippen LogP contribution in [0.5, 0.6) is 0 Å². The van der Waals surface area contributed by atoms with Crippen molar-refractivity contribution >= 4 is 11.6 Å². The van der Waals surface area contributed by atoms with Crippen molar-refractivity contribution in [3.8, 4) is 0 Å². The zero-order chi connectivity index (χ0) is 15.8. The number of rotatable bonds is 4. The van der Waals surface area contributed by atoms with Gasteiger partial charge in [-0.15, -0.1) is 0 Å². The summed E-state index contributed by atoms with van der Waals surface area (Å²) in [5.41, 5.74) is 1.25. The van der Waals surface area contributed by atoms with Gasteiger partial charge in [-0.3, -0.25) is 4.79 Å². The van der Waals surface area contributed by atoms with Crippen LogP contribution in [0, 0.1) is 0 Å². The van der Waals surface area contributed by atoms with E-state index in [0.717, 1.165) is 5.56 Å². The van der Waals surface area contributed by atoms with E-state index in [1.807, 2.05) is 0 Å². The minimum Gasteiger partial charge on any atom is -0.325 e. The van der Waals surface area contributed by atoms with E-state index in [9.17, 15) is 18.0 Å². The van der Waals surface area contributed by atoms with Gasteiger partial charge >= 0.3 is 6.18 Å². The van der Waals surface area contributed by atoms with Gasteiger partial charge in [-0.05, 0) is 37.6 Å². The average Bonchev–Trinajstić information content (AvgIpc) is 2.58. The largest absolute Gasteiger partial charge is 0.390 e. The standard InChI is InChI=1S/C15H19F3N2O/c1-4-19-12(8-15(16,17)18)9-5-6-11-10(7-9)14(2,3)13(21)20-11/h5-7,12,19H,4,8H2,1-3H3,(H,20,21). The van der Waals surface area contributed by atoms with Gasteiger partial charge in [-0.1, -0.05) is 19.1 Å². The van der Waals surface area contributed by atoms with Gasteiger partial charge in [-0.2, -0.15) is 13.2 Å². The Labute approximate surface area is 121 Å². The second-order valence-electron chi connectivity index (χ2n) is 5.81. The van der Waals surface area contributed by atoms with Crippen molar-refractivity contribution in [1.82, 2.24) is 5.32 Å². The van der Waals surface area contributed by atoms with E-state index >= 15 is 0 Å². The highest BCUT2D eigenvalue weighted by molar-refractivity contribution is 6.05. The van der Waals surface area contributed by atoms with Crippen LogP contribution in [-0.2, 0) is 10.2 Å². The Morgan fingerprint density at radius 2 is 2.00 bits per heavy atom. The molecule has 0 aromatic heterocycles. The Morgan fingerprint density at radius 3 is 2.57 bits per heavy atom. The van der Waals surface area contributed by atoms with Crippen molar-refractivity contribution in [3.05, 3.63) is 29.3 Å². The summed E-state index contributed by atoms with van der Waals surface area (Å²) in [5.74, 6) is -0.134. The molecule has 1 aromatic rings. The molecule has 1 aliphatic rings. The van der Waals surface area contributed by atoms with Crippen LogP contribution in [0.1, 0.15) is 44.4 Å². The molecule has 1 unspecified atom stereocenters. The van der Waals surface area contributed by atoms with Gasteiger partial charge in [-0.25, -0.2) is 0 Å². The summed E-state index contributed by atoms with van der Waals surface area (Å²) in [6.07, 6.45) is -5.17. The molecule has 3 nitrogen and oxygen atoms in total. The van der Waals surface area contributed by atoms with E-state index in [0.29, 0.717) is 17.8 Å². The molecule has 0 spiro atoms. The lowest BCUT2D eigenvalue weighted by atomic mass is 9.84. The number of carbonyl (C=O) groups excluding carboxylic acids is 1. The molecule has 116 valence electrons. The van der Waals surface area contributed by atoms with Crippen LogP contribution in [0.3, 0.4) is 0 Å². The molecule has 0 saturated heterocycles. The smallest absolute Gasteiger partial charge is 0.325 e. The topological polar surface area (TPSA) is 41.1 Å². The first-order valence-corrected chi connectivity index (χ1v) is 6.91. The third-order valence-corrected chi connectivity index (χ3v) is 3.82. The highest BCUT2D eigenvalue weighted by Crippen LogP contribution is 2.39.